The highest BCUT2D eigenvalue weighted by Crippen LogP contribution is 2.19. The van der Waals surface area contributed by atoms with Gasteiger partial charge in [0.1, 0.15) is 5.56 Å². The molecule has 0 saturated heterocycles. The number of aromatic amines is 1. The standard InChI is InChI=1S/C13H13N3O2/c1-8-4-3-5-9(2)11(8)16-13(18)10-6-14-7-15-12(10)17/h3-7H,1-2H3,(H,16,18)(H,14,15,17). The summed E-state index contributed by atoms with van der Waals surface area (Å²) in [7, 11) is 0. The highest BCUT2D eigenvalue weighted by Gasteiger charge is 2.12. The Morgan fingerprint density at radius 2 is 1.94 bits per heavy atom. The van der Waals surface area contributed by atoms with Gasteiger partial charge in [-0.25, -0.2) is 4.98 Å². The Balaban J connectivity index is 2.33. The molecule has 0 spiro atoms. The molecule has 18 heavy (non-hydrogen) atoms. The van der Waals surface area contributed by atoms with E-state index in [2.05, 4.69) is 15.3 Å². The Bertz CT molecular complexity index is 626. The van der Waals surface area contributed by atoms with Crippen molar-refractivity contribution in [1.82, 2.24) is 9.97 Å². The highest BCUT2D eigenvalue weighted by molar-refractivity contribution is 6.04. The molecule has 1 aromatic heterocycles. The highest BCUT2D eigenvalue weighted by atomic mass is 16.2. The van der Waals surface area contributed by atoms with Gasteiger partial charge in [0.25, 0.3) is 11.5 Å². The van der Waals surface area contributed by atoms with Crippen molar-refractivity contribution in [3.05, 3.63) is 57.8 Å². The van der Waals surface area contributed by atoms with Crippen LogP contribution < -0.4 is 10.9 Å². The summed E-state index contributed by atoms with van der Waals surface area (Å²) < 4.78 is 0. The van der Waals surface area contributed by atoms with Crippen LogP contribution in [0.2, 0.25) is 0 Å². The van der Waals surface area contributed by atoms with Gasteiger partial charge in [-0.15, -0.1) is 0 Å². The summed E-state index contributed by atoms with van der Waals surface area (Å²) in [6, 6.07) is 5.71. The summed E-state index contributed by atoms with van der Waals surface area (Å²) in [5, 5.41) is 2.74. The van der Waals surface area contributed by atoms with Crippen molar-refractivity contribution in [2.45, 2.75) is 13.8 Å². The van der Waals surface area contributed by atoms with Gasteiger partial charge in [0, 0.05) is 11.9 Å². The lowest BCUT2D eigenvalue weighted by molar-refractivity contribution is 0.102. The Labute approximate surface area is 104 Å². The molecule has 0 atom stereocenters. The van der Waals surface area contributed by atoms with E-state index in [1.54, 1.807) is 0 Å². The quantitative estimate of drug-likeness (QED) is 0.842. The van der Waals surface area contributed by atoms with Gasteiger partial charge >= 0.3 is 0 Å². The number of aromatic nitrogens is 2. The number of para-hydroxylation sites is 1. The number of nitrogens with one attached hydrogen (secondary N) is 2. The molecule has 5 heteroatoms. The zero-order valence-electron chi connectivity index (χ0n) is 10.2. The number of rotatable bonds is 2. The third kappa shape index (κ3) is 2.29. The fraction of sp³-hybridized carbons (Fsp3) is 0.154. The van der Waals surface area contributed by atoms with Crippen LogP contribution in [-0.4, -0.2) is 15.9 Å². The summed E-state index contributed by atoms with van der Waals surface area (Å²) in [5.74, 6) is -0.457. The first kappa shape index (κ1) is 12.0. The van der Waals surface area contributed by atoms with Crippen LogP contribution in [0.15, 0.2) is 35.5 Å². The normalized spacial score (nSPS) is 10.1. The van der Waals surface area contributed by atoms with E-state index in [-0.39, 0.29) is 5.56 Å². The third-order valence-corrected chi connectivity index (χ3v) is 2.68. The number of carbonyl (C=O) groups is 1. The van der Waals surface area contributed by atoms with Gasteiger partial charge < -0.3 is 10.3 Å². The third-order valence-electron chi connectivity index (χ3n) is 2.68. The predicted octanol–water partition coefficient (Wildman–Crippen LogP) is 1.64. The van der Waals surface area contributed by atoms with Gasteiger partial charge in [-0.1, -0.05) is 18.2 Å². The van der Waals surface area contributed by atoms with Gasteiger partial charge in [0.05, 0.1) is 6.33 Å². The fourth-order valence-corrected chi connectivity index (χ4v) is 1.70. The SMILES string of the molecule is Cc1cccc(C)c1NC(=O)c1cnc[nH]c1=O. The topological polar surface area (TPSA) is 74.8 Å². The van der Waals surface area contributed by atoms with Crippen LogP contribution in [0.3, 0.4) is 0 Å². The molecule has 0 aliphatic rings. The number of amides is 1. The second-order valence-electron chi connectivity index (χ2n) is 4.02. The van der Waals surface area contributed by atoms with Gasteiger partial charge in [-0.05, 0) is 25.0 Å². The summed E-state index contributed by atoms with van der Waals surface area (Å²) >= 11 is 0. The van der Waals surface area contributed by atoms with Gasteiger partial charge in [-0.3, -0.25) is 9.59 Å². The molecule has 1 heterocycles. The van der Waals surface area contributed by atoms with Crippen LogP contribution in [0.25, 0.3) is 0 Å². The molecule has 1 aromatic carbocycles. The Morgan fingerprint density at radius 1 is 1.28 bits per heavy atom. The molecule has 2 rings (SSSR count). The molecule has 0 radical (unpaired) electrons. The van der Waals surface area contributed by atoms with E-state index in [9.17, 15) is 9.59 Å². The second-order valence-corrected chi connectivity index (χ2v) is 4.02. The molecular weight excluding hydrogens is 230 g/mol. The maximum Gasteiger partial charge on any atom is 0.263 e. The lowest BCUT2D eigenvalue weighted by atomic mass is 10.1. The molecule has 92 valence electrons. The first-order valence-electron chi connectivity index (χ1n) is 5.50. The van der Waals surface area contributed by atoms with Crippen molar-refractivity contribution >= 4 is 11.6 Å². The minimum Gasteiger partial charge on any atom is -0.321 e. The number of anilines is 1. The molecule has 0 saturated carbocycles. The summed E-state index contributed by atoms with van der Waals surface area (Å²) in [6.07, 6.45) is 2.50. The number of carbonyl (C=O) groups excluding carboxylic acids is 1. The van der Waals surface area contributed by atoms with E-state index in [1.165, 1.54) is 12.5 Å². The molecular formula is C13H13N3O2. The average molecular weight is 243 g/mol. The number of aryl methyl sites for hydroxylation is 2. The van der Waals surface area contributed by atoms with E-state index in [4.69, 9.17) is 0 Å². The van der Waals surface area contributed by atoms with Crippen molar-refractivity contribution in [3.63, 3.8) is 0 Å². The maximum atomic E-state index is 12.0. The van der Waals surface area contributed by atoms with Crippen LogP contribution in [0, 0.1) is 13.8 Å². The monoisotopic (exact) mass is 243 g/mol. The van der Waals surface area contributed by atoms with E-state index in [0.29, 0.717) is 0 Å². The first-order chi connectivity index (χ1) is 8.59. The zero-order valence-corrected chi connectivity index (χ0v) is 10.2. The number of hydrogen-bond donors (Lipinski definition) is 2. The minimum atomic E-state index is -0.457. The smallest absolute Gasteiger partial charge is 0.263 e. The molecule has 0 aliphatic carbocycles. The van der Waals surface area contributed by atoms with Gasteiger partial charge in [0.15, 0.2) is 0 Å². The number of benzene rings is 1. The molecule has 0 unspecified atom stereocenters. The van der Waals surface area contributed by atoms with Crippen molar-refractivity contribution in [2.24, 2.45) is 0 Å². The second kappa shape index (κ2) is 4.83. The number of H-pyrrole nitrogens is 1. The lowest BCUT2D eigenvalue weighted by Crippen LogP contribution is -2.23. The van der Waals surface area contributed by atoms with E-state index >= 15 is 0 Å². The van der Waals surface area contributed by atoms with Crippen LogP contribution in [0.5, 0.6) is 0 Å². The minimum absolute atomic E-state index is 0.000142. The van der Waals surface area contributed by atoms with Gasteiger partial charge in [-0.2, -0.15) is 0 Å². The van der Waals surface area contributed by atoms with Gasteiger partial charge in [0.2, 0.25) is 0 Å². The van der Waals surface area contributed by atoms with Crippen LogP contribution in [0.1, 0.15) is 21.5 Å². The molecule has 1 amide bonds. The summed E-state index contributed by atoms with van der Waals surface area (Å²) in [5.41, 5.74) is 2.17. The van der Waals surface area contributed by atoms with Crippen LogP contribution in [-0.2, 0) is 0 Å². The molecule has 0 aliphatic heterocycles. The van der Waals surface area contributed by atoms with Crippen molar-refractivity contribution in [1.29, 1.82) is 0 Å². The van der Waals surface area contributed by atoms with E-state index in [1.807, 2.05) is 32.0 Å². The number of hydrogen-bond acceptors (Lipinski definition) is 3. The number of nitrogens with zero attached hydrogens (tertiary/aromatic N) is 1. The lowest BCUT2D eigenvalue weighted by Gasteiger charge is -2.10. The molecule has 0 fully saturated rings. The van der Waals surface area contributed by atoms with E-state index < -0.39 is 11.5 Å². The Kier molecular flexibility index (Phi) is 3.23. The van der Waals surface area contributed by atoms with E-state index in [0.717, 1.165) is 16.8 Å². The molecule has 0 bridgehead atoms. The first-order valence-corrected chi connectivity index (χ1v) is 5.50. The largest absolute Gasteiger partial charge is 0.321 e. The zero-order chi connectivity index (χ0) is 13.1. The molecule has 2 aromatic rings. The van der Waals surface area contributed by atoms with Crippen molar-refractivity contribution in [3.8, 4) is 0 Å². The predicted molar refractivity (Wildman–Crippen MR) is 68.7 cm³/mol. The fourth-order valence-electron chi connectivity index (χ4n) is 1.70. The average Bonchev–Trinajstić information content (AvgIpc) is 2.34. The summed E-state index contributed by atoms with van der Waals surface area (Å²) in [4.78, 5) is 29.5. The van der Waals surface area contributed by atoms with Crippen molar-refractivity contribution in [2.75, 3.05) is 5.32 Å². The Hall–Kier alpha value is -2.43. The van der Waals surface area contributed by atoms with Crippen LogP contribution >= 0.6 is 0 Å². The maximum absolute atomic E-state index is 12.0. The van der Waals surface area contributed by atoms with Crippen molar-refractivity contribution < 1.29 is 4.79 Å². The van der Waals surface area contributed by atoms with Crippen LogP contribution in [0.4, 0.5) is 5.69 Å². The summed E-state index contributed by atoms with van der Waals surface area (Å²) in [6.45, 7) is 3.80. The molecule has 2 N–H and O–H groups in total. The Morgan fingerprint density at radius 3 is 2.56 bits per heavy atom. The molecule has 5 nitrogen and oxygen atoms in total.